The van der Waals surface area contributed by atoms with Crippen molar-refractivity contribution in [2.45, 2.75) is 52.0 Å². The van der Waals surface area contributed by atoms with E-state index < -0.39 is 6.04 Å². The fourth-order valence-electron chi connectivity index (χ4n) is 2.54. The van der Waals surface area contributed by atoms with Gasteiger partial charge in [0.15, 0.2) is 5.69 Å². The molecule has 0 radical (unpaired) electrons. The van der Waals surface area contributed by atoms with Gasteiger partial charge < -0.3 is 18.6 Å². The molecule has 3 rings (SSSR count). The molecule has 136 valence electrons. The van der Waals surface area contributed by atoms with Crippen molar-refractivity contribution in [1.29, 1.82) is 0 Å². The maximum atomic E-state index is 12.9. The van der Waals surface area contributed by atoms with E-state index in [-0.39, 0.29) is 22.9 Å². The largest absolute Gasteiger partial charge is 0.423 e. The molecule has 0 N–H and O–H groups in total. The van der Waals surface area contributed by atoms with Crippen LogP contribution in [0, 0.1) is 0 Å². The molecule has 1 fully saturated rings. The van der Waals surface area contributed by atoms with E-state index in [0.717, 1.165) is 0 Å². The molecule has 1 unspecified atom stereocenters. The van der Waals surface area contributed by atoms with Gasteiger partial charge in [0, 0.05) is 23.9 Å². The molecule has 1 atom stereocenters. The van der Waals surface area contributed by atoms with E-state index in [0.29, 0.717) is 37.3 Å². The van der Waals surface area contributed by atoms with E-state index in [9.17, 15) is 4.79 Å². The number of morpholine rings is 1. The van der Waals surface area contributed by atoms with Gasteiger partial charge in [-0.3, -0.25) is 4.79 Å². The number of nitrogens with zero attached hydrogens (tertiary/aromatic N) is 4. The Hall–Kier alpha value is -2.22. The van der Waals surface area contributed by atoms with Crippen molar-refractivity contribution in [2.24, 2.45) is 0 Å². The van der Waals surface area contributed by atoms with Gasteiger partial charge in [0.05, 0.1) is 13.2 Å². The first-order chi connectivity index (χ1) is 11.8. The Labute approximate surface area is 146 Å². The minimum Gasteiger partial charge on any atom is -0.423 e. The van der Waals surface area contributed by atoms with Crippen molar-refractivity contribution in [2.75, 3.05) is 19.8 Å². The third-order valence-corrected chi connectivity index (χ3v) is 4.09. The summed E-state index contributed by atoms with van der Waals surface area (Å²) < 4.78 is 16.6. The standard InChI is InChI=1S/C17H24N4O4/c1-10(2)14-18-19-15(24-14)12-9-23-7-6-21(12)16(22)11-8-13(25-20-11)17(3,4)5/h8,10,12H,6-7,9H2,1-5H3. The predicted octanol–water partition coefficient (Wildman–Crippen LogP) is 2.69. The van der Waals surface area contributed by atoms with Crippen molar-refractivity contribution in [3.05, 3.63) is 29.3 Å². The van der Waals surface area contributed by atoms with Gasteiger partial charge in [-0.2, -0.15) is 0 Å². The van der Waals surface area contributed by atoms with Crippen molar-refractivity contribution in [3.63, 3.8) is 0 Å². The molecular formula is C17H24N4O4. The second kappa shape index (κ2) is 6.59. The summed E-state index contributed by atoms with van der Waals surface area (Å²) in [7, 11) is 0. The normalized spacial score (nSPS) is 18.8. The Morgan fingerprint density at radius 3 is 2.68 bits per heavy atom. The Morgan fingerprint density at radius 1 is 1.32 bits per heavy atom. The minimum atomic E-state index is -0.420. The molecule has 0 bridgehead atoms. The molecule has 25 heavy (non-hydrogen) atoms. The Balaban J connectivity index is 1.85. The molecule has 0 aromatic carbocycles. The quantitative estimate of drug-likeness (QED) is 0.841. The molecule has 0 aliphatic carbocycles. The van der Waals surface area contributed by atoms with Gasteiger partial charge in [-0.05, 0) is 0 Å². The van der Waals surface area contributed by atoms with E-state index >= 15 is 0 Å². The van der Waals surface area contributed by atoms with Crippen LogP contribution in [0.5, 0.6) is 0 Å². The first kappa shape index (κ1) is 17.6. The van der Waals surface area contributed by atoms with Crippen molar-refractivity contribution in [1.82, 2.24) is 20.3 Å². The molecule has 2 aromatic rings. The van der Waals surface area contributed by atoms with Crippen LogP contribution >= 0.6 is 0 Å². The lowest BCUT2D eigenvalue weighted by molar-refractivity contribution is -0.0112. The molecule has 8 heteroatoms. The number of aromatic nitrogens is 3. The van der Waals surface area contributed by atoms with Gasteiger partial charge in [0.25, 0.3) is 5.91 Å². The first-order valence-electron chi connectivity index (χ1n) is 8.46. The summed E-state index contributed by atoms with van der Waals surface area (Å²) in [5.41, 5.74) is 0.0645. The lowest BCUT2D eigenvalue weighted by Crippen LogP contribution is -2.43. The van der Waals surface area contributed by atoms with Gasteiger partial charge in [-0.1, -0.05) is 39.8 Å². The third-order valence-electron chi connectivity index (χ3n) is 4.09. The highest BCUT2D eigenvalue weighted by atomic mass is 16.5. The molecule has 1 amide bonds. The predicted molar refractivity (Wildman–Crippen MR) is 88.2 cm³/mol. The molecule has 0 saturated carbocycles. The van der Waals surface area contributed by atoms with Gasteiger partial charge in [0.1, 0.15) is 11.8 Å². The molecule has 2 aromatic heterocycles. The van der Waals surface area contributed by atoms with E-state index in [2.05, 4.69) is 15.4 Å². The molecule has 8 nitrogen and oxygen atoms in total. The van der Waals surface area contributed by atoms with E-state index in [1.54, 1.807) is 11.0 Å². The summed E-state index contributed by atoms with van der Waals surface area (Å²) in [6.45, 7) is 11.2. The van der Waals surface area contributed by atoms with Crippen LogP contribution in [0.3, 0.4) is 0 Å². The second-order valence-electron chi connectivity index (χ2n) is 7.55. The summed E-state index contributed by atoms with van der Waals surface area (Å²) in [5, 5.41) is 12.1. The summed E-state index contributed by atoms with van der Waals surface area (Å²) in [6, 6.07) is 1.28. The smallest absolute Gasteiger partial charge is 0.276 e. The summed E-state index contributed by atoms with van der Waals surface area (Å²) in [6.07, 6.45) is 0. The molecule has 0 spiro atoms. The SMILES string of the molecule is CC(C)c1nnc(C2COCCN2C(=O)c2cc(C(C)(C)C)on2)o1. The van der Waals surface area contributed by atoms with Crippen LogP contribution in [-0.4, -0.2) is 45.9 Å². The Kier molecular flexibility index (Phi) is 4.64. The maximum Gasteiger partial charge on any atom is 0.276 e. The molecule has 1 aliphatic rings. The van der Waals surface area contributed by atoms with Crippen LogP contribution in [0.2, 0.25) is 0 Å². The van der Waals surface area contributed by atoms with Crippen LogP contribution in [-0.2, 0) is 10.2 Å². The fourth-order valence-corrected chi connectivity index (χ4v) is 2.54. The van der Waals surface area contributed by atoms with E-state index in [1.807, 2.05) is 34.6 Å². The Bertz CT molecular complexity index is 744. The lowest BCUT2D eigenvalue weighted by Gasteiger charge is -2.32. The number of amides is 1. The highest BCUT2D eigenvalue weighted by Gasteiger charge is 2.35. The number of carbonyl (C=O) groups is 1. The number of hydrogen-bond acceptors (Lipinski definition) is 7. The summed E-state index contributed by atoms with van der Waals surface area (Å²) in [4.78, 5) is 14.6. The van der Waals surface area contributed by atoms with Crippen LogP contribution in [0.15, 0.2) is 15.0 Å². The number of ether oxygens (including phenoxy) is 1. The zero-order chi connectivity index (χ0) is 18.2. The van der Waals surface area contributed by atoms with Gasteiger partial charge in [-0.25, -0.2) is 0 Å². The van der Waals surface area contributed by atoms with E-state index in [4.69, 9.17) is 13.7 Å². The van der Waals surface area contributed by atoms with Crippen LogP contribution < -0.4 is 0 Å². The molecule has 1 aliphatic heterocycles. The topological polar surface area (TPSA) is 94.5 Å². The minimum absolute atomic E-state index is 0.125. The summed E-state index contributed by atoms with van der Waals surface area (Å²) >= 11 is 0. The zero-order valence-corrected chi connectivity index (χ0v) is 15.3. The highest BCUT2D eigenvalue weighted by Crippen LogP contribution is 2.28. The molecular weight excluding hydrogens is 324 g/mol. The number of rotatable bonds is 3. The average Bonchev–Trinajstić information content (AvgIpc) is 3.23. The summed E-state index contributed by atoms with van der Waals surface area (Å²) in [5.74, 6) is 1.50. The van der Waals surface area contributed by atoms with Crippen molar-refractivity contribution in [3.8, 4) is 0 Å². The van der Waals surface area contributed by atoms with E-state index in [1.165, 1.54) is 0 Å². The van der Waals surface area contributed by atoms with Crippen molar-refractivity contribution < 1.29 is 18.5 Å². The van der Waals surface area contributed by atoms with Gasteiger partial charge in [0.2, 0.25) is 11.8 Å². The van der Waals surface area contributed by atoms with Gasteiger partial charge >= 0.3 is 0 Å². The average molecular weight is 348 g/mol. The second-order valence-corrected chi connectivity index (χ2v) is 7.55. The molecule has 1 saturated heterocycles. The van der Waals surface area contributed by atoms with Crippen LogP contribution in [0.4, 0.5) is 0 Å². The lowest BCUT2D eigenvalue weighted by atomic mass is 9.93. The van der Waals surface area contributed by atoms with Crippen LogP contribution in [0.25, 0.3) is 0 Å². The third kappa shape index (κ3) is 3.58. The Morgan fingerprint density at radius 2 is 2.08 bits per heavy atom. The van der Waals surface area contributed by atoms with Crippen molar-refractivity contribution >= 4 is 5.91 Å². The number of hydrogen-bond donors (Lipinski definition) is 0. The monoisotopic (exact) mass is 348 g/mol. The highest BCUT2D eigenvalue weighted by molar-refractivity contribution is 5.92. The fraction of sp³-hybridized carbons (Fsp3) is 0.647. The maximum absolute atomic E-state index is 12.9. The number of carbonyl (C=O) groups excluding carboxylic acids is 1. The van der Waals surface area contributed by atoms with Gasteiger partial charge in [-0.15, -0.1) is 10.2 Å². The molecule has 3 heterocycles. The zero-order valence-electron chi connectivity index (χ0n) is 15.3. The van der Waals surface area contributed by atoms with Crippen LogP contribution in [0.1, 0.15) is 74.6 Å². The first-order valence-corrected chi connectivity index (χ1v) is 8.46.